The van der Waals surface area contributed by atoms with E-state index in [9.17, 15) is 33.9 Å². The zero-order valence-electron chi connectivity index (χ0n) is 20.0. The molecule has 0 bridgehead atoms. The highest BCUT2D eigenvalue weighted by molar-refractivity contribution is 8.00. The fourth-order valence-corrected chi connectivity index (χ4v) is 6.00. The second-order valence-electron chi connectivity index (χ2n) is 9.08. The Morgan fingerprint density at radius 1 is 1.03 bits per heavy atom. The summed E-state index contributed by atoms with van der Waals surface area (Å²) < 4.78 is 0. The van der Waals surface area contributed by atoms with Crippen LogP contribution in [0.2, 0.25) is 0 Å². The van der Waals surface area contributed by atoms with Crippen LogP contribution >= 0.6 is 11.8 Å². The first-order valence-electron chi connectivity index (χ1n) is 12.3. The first-order chi connectivity index (χ1) is 17.2. The topological polar surface area (TPSA) is 174 Å². The standard InChI is InChI=1S/C23H33N5O7S/c29-17(7-2-1-6-16-21-15(13-36-16)26-23(35)27-21)24-11-4-3-5-14(22(33)34)25-18(30)10-12-28-19(31)8-9-20(28)32/h8-9,14-16,21H,1-7,10-13H2,(H,24,29)(H,25,30)(H,33,34)(H2,26,27,35)/t14-,15-,16+,21-/m0/s1. The maximum atomic E-state index is 12.1. The van der Waals surface area contributed by atoms with E-state index in [4.69, 9.17) is 0 Å². The number of rotatable bonds is 15. The molecule has 13 heteroatoms. The van der Waals surface area contributed by atoms with E-state index in [-0.39, 0.29) is 43.4 Å². The van der Waals surface area contributed by atoms with Crippen LogP contribution in [0.4, 0.5) is 4.79 Å². The predicted octanol–water partition coefficient (Wildman–Crippen LogP) is -0.117. The van der Waals surface area contributed by atoms with E-state index in [2.05, 4.69) is 21.3 Å². The van der Waals surface area contributed by atoms with Crippen molar-refractivity contribution in [2.24, 2.45) is 0 Å². The molecule has 4 atom stereocenters. The van der Waals surface area contributed by atoms with E-state index in [1.54, 1.807) is 0 Å². The highest BCUT2D eigenvalue weighted by Gasteiger charge is 2.42. The van der Waals surface area contributed by atoms with Crippen LogP contribution in [0.3, 0.4) is 0 Å². The second kappa shape index (κ2) is 13.3. The number of carbonyl (C=O) groups excluding carboxylic acids is 5. The Bertz CT molecular complexity index is 893. The summed E-state index contributed by atoms with van der Waals surface area (Å²) in [5, 5.41) is 20.9. The number of thioether (sulfide) groups is 1. The van der Waals surface area contributed by atoms with Crippen LogP contribution in [0.25, 0.3) is 0 Å². The predicted molar refractivity (Wildman–Crippen MR) is 131 cm³/mol. The van der Waals surface area contributed by atoms with Crippen molar-refractivity contribution in [1.82, 2.24) is 26.2 Å². The molecule has 3 rings (SSSR count). The number of fused-ring (bicyclic) bond motifs is 1. The van der Waals surface area contributed by atoms with Gasteiger partial charge in [0.25, 0.3) is 11.8 Å². The molecule has 5 N–H and O–H groups in total. The molecule has 0 aromatic heterocycles. The Hall–Kier alpha value is -3.09. The minimum Gasteiger partial charge on any atom is -0.480 e. The average molecular weight is 524 g/mol. The molecule has 2 saturated heterocycles. The summed E-state index contributed by atoms with van der Waals surface area (Å²) >= 11 is 1.85. The van der Waals surface area contributed by atoms with Crippen LogP contribution < -0.4 is 21.3 Å². The molecule has 6 amide bonds. The molecule has 0 aliphatic carbocycles. The molecule has 36 heavy (non-hydrogen) atoms. The van der Waals surface area contributed by atoms with E-state index in [1.807, 2.05) is 11.8 Å². The van der Waals surface area contributed by atoms with Gasteiger partial charge in [-0.05, 0) is 32.1 Å². The van der Waals surface area contributed by atoms with Gasteiger partial charge < -0.3 is 26.4 Å². The molecular weight excluding hydrogens is 490 g/mol. The fraction of sp³-hybridized carbons (Fsp3) is 0.652. The van der Waals surface area contributed by atoms with E-state index in [1.165, 1.54) is 0 Å². The summed E-state index contributed by atoms with van der Waals surface area (Å²) in [6.07, 6.45) is 6.37. The van der Waals surface area contributed by atoms with E-state index in [0.29, 0.717) is 31.1 Å². The number of imide groups is 1. The molecule has 198 valence electrons. The van der Waals surface area contributed by atoms with Gasteiger partial charge in [-0.25, -0.2) is 9.59 Å². The molecule has 3 aliphatic rings. The highest BCUT2D eigenvalue weighted by atomic mass is 32.2. The molecule has 0 radical (unpaired) electrons. The van der Waals surface area contributed by atoms with Crippen molar-refractivity contribution in [1.29, 1.82) is 0 Å². The third-order valence-corrected chi connectivity index (χ3v) is 7.93. The Morgan fingerprint density at radius 3 is 2.50 bits per heavy atom. The summed E-state index contributed by atoms with van der Waals surface area (Å²) in [5.74, 6) is -1.84. The smallest absolute Gasteiger partial charge is 0.326 e. The number of urea groups is 1. The second-order valence-corrected chi connectivity index (χ2v) is 10.4. The van der Waals surface area contributed by atoms with Crippen molar-refractivity contribution in [3.8, 4) is 0 Å². The Kier molecular flexibility index (Phi) is 10.1. The number of hydrogen-bond donors (Lipinski definition) is 5. The number of carbonyl (C=O) groups is 6. The van der Waals surface area contributed by atoms with Crippen LogP contribution in [0, 0.1) is 0 Å². The van der Waals surface area contributed by atoms with Crippen molar-refractivity contribution in [3.63, 3.8) is 0 Å². The van der Waals surface area contributed by atoms with Crippen LogP contribution in [0.15, 0.2) is 12.2 Å². The molecule has 0 unspecified atom stereocenters. The summed E-state index contributed by atoms with van der Waals surface area (Å²) in [5.41, 5.74) is 0. The minimum absolute atomic E-state index is 0.0497. The lowest BCUT2D eigenvalue weighted by Gasteiger charge is -2.17. The minimum atomic E-state index is -1.16. The maximum Gasteiger partial charge on any atom is 0.326 e. The number of carboxylic acids is 1. The van der Waals surface area contributed by atoms with Crippen molar-refractivity contribution in [3.05, 3.63) is 12.2 Å². The van der Waals surface area contributed by atoms with Crippen molar-refractivity contribution in [2.75, 3.05) is 18.8 Å². The average Bonchev–Trinajstić information content (AvgIpc) is 3.48. The van der Waals surface area contributed by atoms with Gasteiger partial charge >= 0.3 is 12.0 Å². The van der Waals surface area contributed by atoms with Gasteiger partial charge in [0, 0.05) is 49.1 Å². The molecule has 3 aliphatic heterocycles. The van der Waals surface area contributed by atoms with Gasteiger partial charge in [0.2, 0.25) is 11.8 Å². The normalized spacial score (nSPS) is 23.3. The molecule has 12 nitrogen and oxygen atoms in total. The Labute approximate surface area is 213 Å². The zero-order chi connectivity index (χ0) is 26.1. The molecule has 3 heterocycles. The van der Waals surface area contributed by atoms with E-state index in [0.717, 1.165) is 42.1 Å². The Balaban J connectivity index is 1.21. The molecule has 0 aromatic rings. The Morgan fingerprint density at radius 2 is 1.78 bits per heavy atom. The molecule has 0 saturated carbocycles. The van der Waals surface area contributed by atoms with Gasteiger partial charge in [-0.2, -0.15) is 11.8 Å². The summed E-state index contributed by atoms with van der Waals surface area (Å²) in [7, 11) is 0. The number of carboxylic acid groups (broad SMARTS) is 1. The summed E-state index contributed by atoms with van der Waals surface area (Å²) in [6.45, 7) is 0.314. The monoisotopic (exact) mass is 523 g/mol. The van der Waals surface area contributed by atoms with Crippen LogP contribution in [0.1, 0.15) is 51.4 Å². The van der Waals surface area contributed by atoms with Gasteiger partial charge in [0.1, 0.15) is 6.04 Å². The number of nitrogens with zero attached hydrogens (tertiary/aromatic N) is 1. The largest absolute Gasteiger partial charge is 0.480 e. The SMILES string of the molecule is O=C(CCCC[C@H]1SC[C@@H]2NC(=O)N[C@@H]21)NCCCC[C@H](NC(=O)CCN1C(=O)C=CC1=O)C(=O)O. The quantitative estimate of drug-likeness (QED) is 0.112. The summed E-state index contributed by atoms with van der Waals surface area (Å²) in [6, 6.07) is -0.804. The number of unbranched alkanes of at least 4 members (excludes halogenated alkanes) is 2. The van der Waals surface area contributed by atoms with E-state index >= 15 is 0 Å². The van der Waals surface area contributed by atoms with Gasteiger partial charge in [-0.3, -0.25) is 24.1 Å². The molecular formula is C23H33N5O7S. The number of aliphatic carboxylic acids is 1. The fourth-order valence-electron chi connectivity index (χ4n) is 4.45. The molecule has 2 fully saturated rings. The van der Waals surface area contributed by atoms with Crippen LogP contribution in [0.5, 0.6) is 0 Å². The van der Waals surface area contributed by atoms with Crippen LogP contribution in [-0.2, 0) is 24.0 Å². The third kappa shape index (κ3) is 7.97. The number of amides is 6. The number of nitrogens with one attached hydrogen (secondary N) is 4. The number of hydrogen-bond acceptors (Lipinski definition) is 7. The van der Waals surface area contributed by atoms with Gasteiger partial charge in [0.05, 0.1) is 12.1 Å². The lowest BCUT2D eigenvalue weighted by Crippen LogP contribution is -2.42. The van der Waals surface area contributed by atoms with Crippen molar-refractivity contribution < 1.29 is 33.9 Å². The van der Waals surface area contributed by atoms with E-state index < -0.39 is 29.7 Å². The van der Waals surface area contributed by atoms with Gasteiger partial charge in [-0.15, -0.1) is 0 Å². The first kappa shape index (κ1) is 27.5. The molecule has 0 spiro atoms. The van der Waals surface area contributed by atoms with Crippen molar-refractivity contribution >= 4 is 47.4 Å². The van der Waals surface area contributed by atoms with Gasteiger partial charge in [-0.1, -0.05) is 6.42 Å². The van der Waals surface area contributed by atoms with Crippen LogP contribution in [-0.4, -0.2) is 87.9 Å². The lowest BCUT2D eigenvalue weighted by atomic mass is 10.0. The third-order valence-electron chi connectivity index (χ3n) is 6.42. The van der Waals surface area contributed by atoms with Crippen molar-refractivity contribution in [2.45, 2.75) is 74.7 Å². The lowest BCUT2D eigenvalue weighted by molar-refractivity contribution is -0.143. The zero-order valence-corrected chi connectivity index (χ0v) is 20.8. The first-order valence-corrected chi connectivity index (χ1v) is 13.3. The molecule has 0 aromatic carbocycles. The highest BCUT2D eigenvalue weighted by Crippen LogP contribution is 2.33. The summed E-state index contributed by atoms with van der Waals surface area (Å²) in [4.78, 5) is 70.9. The maximum absolute atomic E-state index is 12.1. The van der Waals surface area contributed by atoms with Gasteiger partial charge in [0.15, 0.2) is 0 Å².